The molecule has 2 aromatic rings. The predicted octanol–water partition coefficient (Wildman–Crippen LogP) is 10.5. The first-order chi connectivity index (χ1) is 19.9. The number of ether oxygens (including phenoxy) is 2. The zero-order valence-corrected chi connectivity index (χ0v) is 23.2. The lowest BCUT2D eigenvalue weighted by Gasteiger charge is -2.28. The maximum absolute atomic E-state index is 14.9. The summed E-state index contributed by atoms with van der Waals surface area (Å²) in [6, 6.07) is 7.58. The Morgan fingerprint density at radius 1 is 0.881 bits per heavy atom. The number of unbranched alkanes of at least 4 members (excludes halogenated alkanes) is 1. The molecule has 2 aliphatic rings. The Labute approximate surface area is 241 Å². The van der Waals surface area contributed by atoms with Crippen LogP contribution in [0.2, 0.25) is 0 Å². The van der Waals surface area contributed by atoms with Gasteiger partial charge in [-0.2, -0.15) is 22.0 Å². The Morgan fingerprint density at radius 2 is 1.55 bits per heavy atom. The van der Waals surface area contributed by atoms with Crippen molar-refractivity contribution >= 4 is 0 Å². The van der Waals surface area contributed by atoms with Gasteiger partial charge in [0.05, 0.1) is 11.7 Å². The number of allylic oxidation sites excluding steroid dienone is 5. The lowest BCUT2D eigenvalue weighted by atomic mass is 9.84. The monoisotopic (exact) mass is 596 g/mol. The Morgan fingerprint density at radius 3 is 2.12 bits per heavy atom. The van der Waals surface area contributed by atoms with Crippen LogP contribution in [0.5, 0.6) is 5.75 Å². The van der Waals surface area contributed by atoms with E-state index in [0.717, 1.165) is 31.2 Å². The minimum absolute atomic E-state index is 0.0915. The van der Waals surface area contributed by atoms with E-state index >= 15 is 0 Å². The summed E-state index contributed by atoms with van der Waals surface area (Å²) in [5, 5.41) is 0. The average Bonchev–Trinajstić information content (AvgIpc) is 2.94. The molecule has 0 bridgehead atoms. The van der Waals surface area contributed by atoms with Crippen molar-refractivity contribution in [2.24, 2.45) is 5.92 Å². The number of hydrogen-bond donors (Lipinski definition) is 0. The minimum Gasteiger partial charge on any atom is -0.431 e. The second-order valence-corrected chi connectivity index (χ2v) is 11.0. The van der Waals surface area contributed by atoms with E-state index in [4.69, 9.17) is 4.74 Å². The quantitative estimate of drug-likeness (QED) is 0.146. The van der Waals surface area contributed by atoms with Crippen molar-refractivity contribution in [3.8, 4) is 16.9 Å². The molecule has 1 atom stereocenters. The van der Waals surface area contributed by atoms with Gasteiger partial charge in [0.2, 0.25) is 0 Å². The molecular weight excluding hydrogens is 561 g/mol. The molecule has 0 aromatic heterocycles. The van der Waals surface area contributed by atoms with Crippen molar-refractivity contribution in [3.05, 3.63) is 90.1 Å². The maximum atomic E-state index is 14.9. The molecule has 2 aromatic carbocycles. The Kier molecular flexibility index (Phi) is 10.6. The molecule has 0 N–H and O–H groups in total. The summed E-state index contributed by atoms with van der Waals surface area (Å²) < 4.78 is 107. The molecule has 2 nitrogen and oxygen atoms in total. The lowest BCUT2D eigenvalue weighted by Crippen LogP contribution is -2.34. The van der Waals surface area contributed by atoms with Crippen LogP contribution in [0.25, 0.3) is 11.1 Å². The molecule has 0 radical (unpaired) electrons. The van der Waals surface area contributed by atoms with Crippen molar-refractivity contribution in [1.82, 2.24) is 0 Å². The summed E-state index contributed by atoms with van der Waals surface area (Å²) in [7, 11) is 0. The minimum atomic E-state index is -4.33. The first-order valence-corrected chi connectivity index (χ1v) is 14.3. The highest BCUT2D eigenvalue weighted by molar-refractivity contribution is 5.66. The van der Waals surface area contributed by atoms with Gasteiger partial charge in [-0.1, -0.05) is 48.6 Å². The van der Waals surface area contributed by atoms with Crippen LogP contribution < -0.4 is 4.74 Å². The lowest BCUT2D eigenvalue weighted by molar-refractivity contribution is -0.222. The van der Waals surface area contributed by atoms with Gasteiger partial charge < -0.3 is 9.47 Å². The fourth-order valence-corrected chi connectivity index (χ4v) is 5.57. The molecule has 0 amide bonds. The van der Waals surface area contributed by atoms with Crippen molar-refractivity contribution in [1.29, 1.82) is 0 Å². The van der Waals surface area contributed by atoms with Crippen molar-refractivity contribution in [2.45, 2.75) is 82.1 Å². The van der Waals surface area contributed by atoms with E-state index in [9.17, 15) is 30.7 Å². The van der Waals surface area contributed by atoms with E-state index in [1.54, 1.807) is 12.1 Å². The van der Waals surface area contributed by atoms with Crippen LogP contribution in [0.1, 0.15) is 69.3 Å². The van der Waals surface area contributed by atoms with Gasteiger partial charge in [-0.05, 0) is 80.8 Å². The Hall–Kier alpha value is -3.07. The van der Waals surface area contributed by atoms with Crippen molar-refractivity contribution in [3.63, 3.8) is 0 Å². The molecule has 1 unspecified atom stereocenters. The fraction of sp³-hybridized carbons (Fsp3) is 0.455. The molecular formula is C33H35F7O2. The fourth-order valence-electron chi connectivity index (χ4n) is 5.57. The molecule has 1 fully saturated rings. The standard InChI is InChI=1S/C33H35F7O2/c1-2-3-4-5-6-22-7-17-27(18-8-22)41-21-32(36,37)42-28-19-29(34)31(30(35)20-28)25-11-9-23(10-12-25)24-13-15-26(16-14-24)33(38,39)40/h2,5-6,9-12,15,19-20,22,24,27H,1,3-4,7-8,13-14,16-18,21H2/b6-5+. The number of alkyl halides is 5. The Balaban J connectivity index is 1.31. The van der Waals surface area contributed by atoms with Crippen LogP contribution in [0.4, 0.5) is 30.7 Å². The second kappa shape index (κ2) is 13.9. The first-order valence-electron chi connectivity index (χ1n) is 14.3. The Bertz CT molecular complexity index is 1230. The van der Waals surface area contributed by atoms with Gasteiger partial charge in [-0.25, -0.2) is 8.78 Å². The van der Waals surface area contributed by atoms with Crippen LogP contribution in [-0.4, -0.2) is 25.0 Å². The van der Waals surface area contributed by atoms with Gasteiger partial charge in [0.25, 0.3) is 0 Å². The van der Waals surface area contributed by atoms with Crippen LogP contribution in [-0.2, 0) is 4.74 Å². The number of rotatable bonds is 11. The van der Waals surface area contributed by atoms with E-state index < -0.39 is 47.4 Å². The first kappa shape index (κ1) is 31.9. The highest BCUT2D eigenvalue weighted by Gasteiger charge is 2.36. The van der Waals surface area contributed by atoms with E-state index in [-0.39, 0.29) is 30.4 Å². The molecule has 1 saturated carbocycles. The maximum Gasteiger partial charge on any atom is 0.421 e. The topological polar surface area (TPSA) is 18.5 Å². The summed E-state index contributed by atoms with van der Waals surface area (Å²) in [6.45, 7) is 2.65. The van der Waals surface area contributed by atoms with Crippen LogP contribution >= 0.6 is 0 Å². The predicted molar refractivity (Wildman–Crippen MR) is 148 cm³/mol. The number of benzene rings is 2. The van der Waals surface area contributed by atoms with Crippen molar-refractivity contribution < 1.29 is 40.2 Å². The normalized spacial score (nSPS) is 21.8. The van der Waals surface area contributed by atoms with Crippen LogP contribution in [0.3, 0.4) is 0 Å². The van der Waals surface area contributed by atoms with Gasteiger partial charge in [0.1, 0.15) is 17.4 Å². The van der Waals surface area contributed by atoms with Gasteiger partial charge in [-0.15, -0.1) is 6.58 Å². The van der Waals surface area contributed by atoms with Gasteiger partial charge in [0, 0.05) is 17.7 Å². The van der Waals surface area contributed by atoms with E-state index in [1.807, 2.05) is 6.08 Å². The molecule has 4 rings (SSSR count). The number of hydrogen-bond acceptors (Lipinski definition) is 2. The van der Waals surface area contributed by atoms with Crippen LogP contribution in [0, 0.1) is 17.6 Å². The zero-order valence-electron chi connectivity index (χ0n) is 23.2. The summed E-state index contributed by atoms with van der Waals surface area (Å²) >= 11 is 0. The summed E-state index contributed by atoms with van der Waals surface area (Å²) in [5.74, 6) is -2.57. The smallest absolute Gasteiger partial charge is 0.421 e. The van der Waals surface area contributed by atoms with E-state index in [2.05, 4.69) is 23.5 Å². The largest absolute Gasteiger partial charge is 0.431 e. The average molecular weight is 597 g/mol. The molecule has 228 valence electrons. The molecule has 0 aliphatic heterocycles. The second-order valence-electron chi connectivity index (χ2n) is 11.0. The third kappa shape index (κ3) is 8.72. The SMILES string of the molecule is C=CCC/C=C/C1CCC(OCC(F)(F)Oc2cc(F)c(-c3ccc(C4CC=C(C(F)(F)F)CC4)cc3)c(F)c2)CC1. The summed E-state index contributed by atoms with van der Waals surface area (Å²) in [6.07, 6.45) is 4.05. The number of halogens is 7. The molecule has 9 heteroatoms. The van der Waals surface area contributed by atoms with Gasteiger partial charge in [-0.3, -0.25) is 0 Å². The third-order valence-electron chi connectivity index (χ3n) is 7.88. The van der Waals surface area contributed by atoms with Gasteiger partial charge in [0.15, 0.2) is 6.61 Å². The van der Waals surface area contributed by atoms with Gasteiger partial charge >= 0.3 is 12.3 Å². The van der Waals surface area contributed by atoms with Crippen molar-refractivity contribution in [2.75, 3.05) is 6.61 Å². The highest BCUT2D eigenvalue weighted by Crippen LogP contribution is 2.40. The zero-order chi connectivity index (χ0) is 30.3. The highest BCUT2D eigenvalue weighted by atomic mass is 19.4. The molecule has 42 heavy (non-hydrogen) atoms. The van der Waals surface area contributed by atoms with E-state index in [0.29, 0.717) is 37.3 Å². The summed E-state index contributed by atoms with van der Waals surface area (Å²) in [5.41, 5.74) is -0.0227. The third-order valence-corrected chi connectivity index (χ3v) is 7.88. The molecule has 0 spiro atoms. The molecule has 2 aliphatic carbocycles. The molecule has 0 heterocycles. The molecule has 0 saturated heterocycles. The summed E-state index contributed by atoms with van der Waals surface area (Å²) in [4.78, 5) is 0. The van der Waals surface area contributed by atoms with E-state index in [1.165, 1.54) is 18.2 Å². The van der Waals surface area contributed by atoms with Crippen LogP contribution in [0.15, 0.2) is 72.9 Å².